The molecule has 1 aliphatic rings. The monoisotopic (exact) mass is 348 g/mol. The number of fused-ring (bicyclic) bond motifs is 1. The maximum Gasteiger partial charge on any atom is 0.242 e. The van der Waals surface area contributed by atoms with E-state index in [0.29, 0.717) is 18.7 Å². The lowest BCUT2D eigenvalue weighted by molar-refractivity contribution is -0.130. The Hall–Kier alpha value is -3.09. The molecule has 4 rings (SSSR count). The fourth-order valence-electron chi connectivity index (χ4n) is 3.02. The van der Waals surface area contributed by atoms with Gasteiger partial charge in [0.2, 0.25) is 5.91 Å². The number of aromatic nitrogens is 4. The van der Waals surface area contributed by atoms with E-state index in [9.17, 15) is 4.79 Å². The largest absolute Gasteiger partial charge is 0.273 e. The molecule has 2 aromatic heterocycles. The quantitative estimate of drug-likeness (QED) is 0.729. The standard InChI is InChI=1S/C19H20N6O/c1-12(2)18-21-19(14-9-10-16(26)24(3)22-14)25(23-18)15-8-4-6-13-7-5-11-20-17(13)15/h4-8,11-12H,9-10H2,1-3H3. The van der Waals surface area contributed by atoms with E-state index in [4.69, 9.17) is 10.1 Å². The van der Waals surface area contributed by atoms with E-state index in [1.54, 1.807) is 13.2 Å². The first-order valence-corrected chi connectivity index (χ1v) is 8.70. The van der Waals surface area contributed by atoms with Crippen molar-refractivity contribution >= 4 is 22.5 Å². The number of benzene rings is 1. The van der Waals surface area contributed by atoms with Gasteiger partial charge in [0, 0.05) is 37.4 Å². The van der Waals surface area contributed by atoms with E-state index < -0.39 is 0 Å². The van der Waals surface area contributed by atoms with Crippen molar-refractivity contribution in [1.29, 1.82) is 0 Å². The van der Waals surface area contributed by atoms with Gasteiger partial charge in [-0.05, 0) is 12.1 Å². The second-order valence-electron chi connectivity index (χ2n) is 6.68. The van der Waals surface area contributed by atoms with E-state index in [2.05, 4.69) is 23.9 Å². The zero-order valence-corrected chi connectivity index (χ0v) is 15.0. The van der Waals surface area contributed by atoms with Crippen LogP contribution >= 0.6 is 0 Å². The third-order valence-electron chi connectivity index (χ3n) is 4.44. The van der Waals surface area contributed by atoms with Crippen LogP contribution in [0, 0.1) is 0 Å². The molecule has 0 atom stereocenters. The molecular formula is C19H20N6O. The van der Waals surface area contributed by atoms with Crippen molar-refractivity contribution in [2.24, 2.45) is 5.10 Å². The highest BCUT2D eigenvalue weighted by Crippen LogP contribution is 2.24. The lowest BCUT2D eigenvalue weighted by atomic mass is 10.1. The molecule has 1 amide bonds. The fraction of sp³-hybridized carbons (Fsp3) is 0.316. The molecule has 0 fully saturated rings. The van der Waals surface area contributed by atoms with Gasteiger partial charge in [-0.15, -0.1) is 0 Å². The summed E-state index contributed by atoms with van der Waals surface area (Å²) in [6.07, 6.45) is 2.75. The van der Waals surface area contributed by atoms with Gasteiger partial charge >= 0.3 is 0 Å². The van der Waals surface area contributed by atoms with Gasteiger partial charge < -0.3 is 0 Å². The number of hydrazone groups is 1. The summed E-state index contributed by atoms with van der Waals surface area (Å²) >= 11 is 0. The summed E-state index contributed by atoms with van der Waals surface area (Å²) in [4.78, 5) is 21.0. The van der Waals surface area contributed by atoms with Crippen molar-refractivity contribution < 1.29 is 4.79 Å². The zero-order valence-electron chi connectivity index (χ0n) is 15.0. The van der Waals surface area contributed by atoms with E-state index in [0.717, 1.165) is 28.1 Å². The van der Waals surface area contributed by atoms with Crippen LogP contribution in [0.2, 0.25) is 0 Å². The number of hydrogen-bond acceptors (Lipinski definition) is 5. The van der Waals surface area contributed by atoms with Gasteiger partial charge in [-0.2, -0.15) is 10.2 Å². The Labute approximate surface area is 151 Å². The van der Waals surface area contributed by atoms with Crippen molar-refractivity contribution in [2.75, 3.05) is 7.05 Å². The summed E-state index contributed by atoms with van der Waals surface area (Å²) in [6.45, 7) is 4.12. The number of para-hydroxylation sites is 1. The average molecular weight is 348 g/mol. The van der Waals surface area contributed by atoms with Gasteiger partial charge in [-0.3, -0.25) is 9.78 Å². The third kappa shape index (κ3) is 2.75. The Morgan fingerprint density at radius 2 is 1.92 bits per heavy atom. The van der Waals surface area contributed by atoms with Crippen LogP contribution in [0.3, 0.4) is 0 Å². The molecule has 7 nitrogen and oxygen atoms in total. The van der Waals surface area contributed by atoms with Crippen molar-refractivity contribution in [3.8, 4) is 5.69 Å². The van der Waals surface area contributed by atoms with E-state index in [-0.39, 0.29) is 11.8 Å². The van der Waals surface area contributed by atoms with Crippen LogP contribution in [0.15, 0.2) is 41.6 Å². The first kappa shape index (κ1) is 16.4. The van der Waals surface area contributed by atoms with Crippen molar-refractivity contribution in [3.05, 3.63) is 48.2 Å². The lowest BCUT2D eigenvalue weighted by Gasteiger charge is -2.19. The third-order valence-corrected chi connectivity index (χ3v) is 4.44. The lowest BCUT2D eigenvalue weighted by Crippen LogP contribution is -2.29. The molecule has 0 saturated carbocycles. The number of pyridine rings is 1. The highest BCUT2D eigenvalue weighted by atomic mass is 16.2. The van der Waals surface area contributed by atoms with Crippen molar-refractivity contribution in [2.45, 2.75) is 32.6 Å². The molecule has 132 valence electrons. The highest BCUT2D eigenvalue weighted by Gasteiger charge is 2.25. The summed E-state index contributed by atoms with van der Waals surface area (Å²) in [5.41, 5.74) is 2.48. The molecule has 0 aliphatic carbocycles. The van der Waals surface area contributed by atoms with Crippen LogP contribution in [0.1, 0.15) is 44.3 Å². The minimum atomic E-state index is 0.00993. The number of carbonyl (C=O) groups excluding carboxylic acids is 1. The van der Waals surface area contributed by atoms with Crippen LogP contribution < -0.4 is 0 Å². The van der Waals surface area contributed by atoms with Gasteiger partial charge in [0.05, 0.1) is 11.2 Å². The molecule has 0 spiro atoms. The van der Waals surface area contributed by atoms with E-state index in [1.807, 2.05) is 35.0 Å². The number of carbonyl (C=O) groups is 1. The summed E-state index contributed by atoms with van der Waals surface area (Å²) in [5.74, 6) is 1.61. The van der Waals surface area contributed by atoms with Crippen molar-refractivity contribution in [1.82, 2.24) is 24.8 Å². The molecule has 7 heteroatoms. The first-order valence-electron chi connectivity index (χ1n) is 8.70. The number of nitrogens with zero attached hydrogens (tertiary/aromatic N) is 6. The average Bonchev–Trinajstić information content (AvgIpc) is 3.09. The van der Waals surface area contributed by atoms with E-state index >= 15 is 0 Å². The maximum atomic E-state index is 11.8. The molecule has 3 heterocycles. The van der Waals surface area contributed by atoms with Gasteiger partial charge in [0.25, 0.3) is 0 Å². The minimum Gasteiger partial charge on any atom is -0.273 e. The van der Waals surface area contributed by atoms with E-state index in [1.165, 1.54) is 5.01 Å². The summed E-state index contributed by atoms with van der Waals surface area (Å²) < 4.78 is 1.81. The van der Waals surface area contributed by atoms with Crippen LogP contribution in [0.5, 0.6) is 0 Å². The van der Waals surface area contributed by atoms with Crippen LogP contribution in [-0.2, 0) is 4.79 Å². The minimum absolute atomic E-state index is 0.00993. The summed E-state index contributed by atoms with van der Waals surface area (Å²) in [5, 5.41) is 11.6. The first-order chi connectivity index (χ1) is 12.5. The molecule has 1 aromatic carbocycles. The number of rotatable bonds is 3. The predicted molar refractivity (Wildman–Crippen MR) is 99.3 cm³/mol. The molecule has 0 radical (unpaired) electrons. The van der Waals surface area contributed by atoms with Gasteiger partial charge in [-0.1, -0.05) is 32.0 Å². The zero-order chi connectivity index (χ0) is 18.3. The molecule has 0 N–H and O–H groups in total. The van der Waals surface area contributed by atoms with Gasteiger partial charge in [-0.25, -0.2) is 14.7 Å². The molecule has 3 aromatic rings. The summed E-state index contributed by atoms with van der Waals surface area (Å²) in [6, 6.07) is 9.93. The molecular weight excluding hydrogens is 328 g/mol. The highest BCUT2D eigenvalue weighted by molar-refractivity contribution is 6.02. The Balaban J connectivity index is 1.93. The Bertz CT molecular complexity index is 1010. The fourth-order valence-corrected chi connectivity index (χ4v) is 3.02. The van der Waals surface area contributed by atoms with Gasteiger partial charge in [0.1, 0.15) is 5.71 Å². The maximum absolute atomic E-state index is 11.8. The molecule has 0 saturated heterocycles. The van der Waals surface area contributed by atoms with Gasteiger partial charge in [0.15, 0.2) is 11.6 Å². The Kier molecular flexibility index (Phi) is 3.99. The predicted octanol–water partition coefficient (Wildman–Crippen LogP) is 2.90. The molecule has 26 heavy (non-hydrogen) atoms. The van der Waals surface area contributed by atoms with Crippen LogP contribution in [-0.4, -0.2) is 43.4 Å². The second kappa shape index (κ2) is 6.33. The number of amides is 1. The summed E-state index contributed by atoms with van der Waals surface area (Å²) in [7, 11) is 1.67. The van der Waals surface area contributed by atoms with Crippen LogP contribution in [0.25, 0.3) is 16.6 Å². The topological polar surface area (TPSA) is 76.3 Å². The smallest absolute Gasteiger partial charge is 0.242 e. The number of hydrogen-bond donors (Lipinski definition) is 0. The Morgan fingerprint density at radius 3 is 2.69 bits per heavy atom. The molecule has 0 bridgehead atoms. The Morgan fingerprint density at radius 1 is 1.12 bits per heavy atom. The van der Waals surface area contributed by atoms with Crippen molar-refractivity contribution in [3.63, 3.8) is 0 Å². The molecule has 1 aliphatic heterocycles. The van der Waals surface area contributed by atoms with Crippen LogP contribution in [0.4, 0.5) is 0 Å². The second-order valence-corrected chi connectivity index (χ2v) is 6.68. The molecule has 0 unspecified atom stereocenters. The normalized spacial score (nSPS) is 15.0. The SMILES string of the molecule is CC(C)c1nc(C2=NN(C)C(=O)CC2)n(-c2cccc3cccnc23)n1.